The van der Waals surface area contributed by atoms with Crippen molar-refractivity contribution in [2.45, 2.75) is 13.0 Å². The van der Waals surface area contributed by atoms with E-state index in [0.29, 0.717) is 6.04 Å². The third-order valence-corrected chi connectivity index (χ3v) is 3.21. The highest BCUT2D eigenvalue weighted by atomic mass is 35.5. The molecule has 2 nitrogen and oxygen atoms in total. The van der Waals surface area contributed by atoms with Gasteiger partial charge < -0.3 is 9.80 Å². The van der Waals surface area contributed by atoms with Crippen molar-refractivity contribution in [1.29, 1.82) is 0 Å². The molecule has 0 aromatic heterocycles. The lowest BCUT2D eigenvalue weighted by molar-refractivity contribution is 0.275. The summed E-state index contributed by atoms with van der Waals surface area (Å²) in [6.45, 7) is 5.58. The van der Waals surface area contributed by atoms with Crippen LogP contribution in [0.2, 0.25) is 5.02 Å². The predicted octanol–water partition coefficient (Wildman–Crippen LogP) is 2.48. The monoisotopic (exact) mass is 224 g/mol. The van der Waals surface area contributed by atoms with Crippen LogP contribution >= 0.6 is 11.6 Å². The van der Waals surface area contributed by atoms with Gasteiger partial charge in [0.15, 0.2) is 0 Å². The first kappa shape index (κ1) is 10.8. The molecule has 0 unspecified atom stereocenters. The van der Waals surface area contributed by atoms with Crippen LogP contribution in [0.25, 0.3) is 0 Å². The smallest absolute Gasteiger partial charge is 0.0426 e. The molecule has 1 aliphatic heterocycles. The molecular formula is C12H17ClN2. The first-order valence-electron chi connectivity index (χ1n) is 5.37. The number of hydrogen-bond acceptors (Lipinski definition) is 2. The number of anilines is 1. The standard InChI is InChI=1S/C12H17ClN2/c1-10-9-14(2)6-7-15(10)12-5-3-4-11(13)8-12/h3-5,8,10H,6-7,9H2,1-2H3/t10-/m0/s1. The van der Waals surface area contributed by atoms with Crippen molar-refractivity contribution in [2.24, 2.45) is 0 Å². The van der Waals surface area contributed by atoms with Crippen LogP contribution in [0.3, 0.4) is 0 Å². The van der Waals surface area contributed by atoms with Crippen molar-refractivity contribution < 1.29 is 0 Å². The van der Waals surface area contributed by atoms with Crippen molar-refractivity contribution in [1.82, 2.24) is 4.90 Å². The number of piperazine rings is 1. The molecular weight excluding hydrogens is 208 g/mol. The van der Waals surface area contributed by atoms with E-state index in [2.05, 4.69) is 29.8 Å². The van der Waals surface area contributed by atoms with E-state index in [-0.39, 0.29) is 0 Å². The van der Waals surface area contributed by atoms with Gasteiger partial charge in [-0.25, -0.2) is 0 Å². The van der Waals surface area contributed by atoms with Gasteiger partial charge in [0.1, 0.15) is 0 Å². The summed E-state index contributed by atoms with van der Waals surface area (Å²) in [7, 11) is 2.17. The summed E-state index contributed by atoms with van der Waals surface area (Å²) < 4.78 is 0. The normalized spacial score (nSPS) is 23.1. The van der Waals surface area contributed by atoms with E-state index < -0.39 is 0 Å². The van der Waals surface area contributed by atoms with Gasteiger partial charge >= 0.3 is 0 Å². The molecule has 1 aliphatic rings. The number of rotatable bonds is 1. The first-order chi connectivity index (χ1) is 7.16. The molecule has 1 aromatic rings. The van der Waals surface area contributed by atoms with E-state index in [1.54, 1.807) is 0 Å². The molecule has 1 aromatic carbocycles. The number of halogens is 1. The summed E-state index contributed by atoms with van der Waals surface area (Å²) >= 11 is 6.00. The second kappa shape index (κ2) is 4.42. The minimum Gasteiger partial charge on any atom is -0.366 e. The zero-order valence-corrected chi connectivity index (χ0v) is 10.0. The summed E-state index contributed by atoms with van der Waals surface area (Å²) in [5.74, 6) is 0. The molecule has 0 bridgehead atoms. The number of hydrogen-bond donors (Lipinski definition) is 0. The molecule has 0 saturated carbocycles. The number of nitrogens with zero attached hydrogens (tertiary/aromatic N) is 2. The molecule has 1 heterocycles. The Labute approximate surface area is 96.4 Å². The van der Waals surface area contributed by atoms with Crippen LogP contribution in [-0.4, -0.2) is 37.6 Å². The molecule has 1 fully saturated rings. The Bertz CT molecular complexity index is 340. The maximum Gasteiger partial charge on any atom is 0.0426 e. The van der Waals surface area contributed by atoms with E-state index in [0.717, 1.165) is 24.7 Å². The Kier molecular flexibility index (Phi) is 3.17. The highest BCUT2D eigenvalue weighted by Gasteiger charge is 2.21. The first-order valence-corrected chi connectivity index (χ1v) is 5.75. The molecule has 3 heteroatoms. The Morgan fingerprint density at radius 2 is 2.13 bits per heavy atom. The Morgan fingerprint density at radius 1 is 1.33 bits per heavy atom. The lowest BCUT2D eigenvalue weighted by Crippen LogP contribution is -2.50. The molecule has 0 spiro atoms. The van der Waals surface area contributed by atoms with Gasteiger partial charge in [0, 0.05) is 36.4 Å². The molecule has 0 aliphatic carbocycles. The molecule has 0 N–H and O–H groups in total. The summed E-state index contributed by atoms with van der Waals surface area (Å²) in [4.78, 5) is 4.79. The van der Waals surface area contributed by atoms with Crippen LogP contribution in [-0.2, 0) is 0 Å². The van der Waals surface area contributed by atoms with E-state index in [4.69, 9.17) is 11.6 Å². The second-order valence-electron chi connectivity index (χ2n) is 4.28. The van der Waals surface area contributed by atoms with E-state index >= 15 is 0 Å². The van der Waals surface area contributed by atoms with E-state index in [9.17, 15) is 0 Å². The highest BCUT2D eigenvalue weighted by Crippen LogP contribution is 2.23. The summed E-state index contributed by atoms with van der Waals surface area (Å²) in [5.41, 5.74) is 1.24. The lowest BCUT2D eigenvalue weighted by Gasteiger charge is -2.39. The van der Waals surface area contributed by atoms with Gasteiger partial charge in [-0.15, -0.1) is 0 Å². The molecule has 2 rings (SSSR count). The van der Waals surface area contributed by atoms with Crippen LogP contribution < -0.4 is 4.90 Å². The summed E-state index contributed by atoms with van der Waals surface area (Å²) in [6.07, 6.45) is 0. The van der Waals surface area contributed by atoms with Gasteiger partial charge in [-0.3, -0.25) is 0 Å². The van der Waals surface area contributed by atoms with Crippen LogP contribution in [0.5, 0.6) is 0 Å². The molecule has 1 saturated heterocycles. The van der Waals surface area contributed by atoms with Gasteiger partial charge in [0.25, 0.3) is 0 Å². The van der Waals surface area contributed by atoms with Crippen LogP contribution in [0.4, 0.5) is 5.69 Å². The summed E-state index contributed by atoms with van der Waals surface area (Å²) in [5, 5.41) is 0.818. The molecule has 15 heavy (non-hydrogen) atoms. The third kappa shape index (κ3) is 2.44. The second-order valence-corrected chi connectivity index (χ2v) is 4.72. The SMILES string of the molecule is C[C@H]1CN(C)CCN1c1cccc(Cl)c1. The minimum atomic E-state index is 0.558. The van der Waals surface area contributed by atoms with Crippen molar-refractivity contribution in [3.05, 3.63) is 29.3 Å². The fraction of sp³-hybridized carbons (Fsp3) is 0.500. The molecule has 0 amide bonds. The van der Waals surface area contributed by atoms with Gasteiger partial charge in [0.2, 0.25) is 0 Å². The molecule has 1 atom stereocenters. The zero-order valence-electron chi connectivity index (χ0n) is 9.28. The van der Waals surface area contributed by atoms with E-state index in [1.165, 1.54) is 5.69 Å². The average molecular weight is 225 g/mol. The van der Waals surface area contributed by atoms with Crippen molar-refractivity contribution in [3.63, 3.8) is 0 Å². The minimum absolute atomic E-state index is 0.558. The Hall–Kier alpha value is -0.730. The summed E-state index contributed by atoms with van der Waals surface area (Å²) in [6, 6.07) is 8.67. The van der Waals surface area contributed by atoms with Crippen molar-refractivity contribution in [3.8, 4) is 0 Å². The van der Waals surface area contributed by atoms with Crippen molar-refractivity contribution in [2.75, 3.05) is 31.6 Å². The highest BCUT2D eigenvalue weighted by molar-refractivity contribution is 6.30. The zero-order chi connectivity index (χ0) is 10.8. The van der Waals surface area contributed by atoms with Crippen molar-refractivity contribution >= 4 is 17.3 Å². The van der Waals surface area contributed by atoms with Gasteiger partial charge in [0.05, 0.1) is 0 Å². The van der Waals surface area contributed by atoms with Gasteiger partial charge in [-0.2, -0.15) is 0 Å². The Balaban J connectivity index is 2.17. The van der Waals surface area contributed by atoms with Gasteiger partial charge in [-0.1, -0.05) is 17.7 Å². The fourth-order valence-electron chi connectivity index (χ4n) is 2.18. The van der Waals surface area contributed by atoms with Crippen LogP contribution in [0.15, 0.2) is 24.3 Å². The predicted molar refractivity (Wildman–Crippen MR) is 65.8 cm³/mol. The fourth-order valence-corrected chi connectivity index (χ4v) is 2.36. The van der Waals surface area contributed by atoms with Gasteiger partial charge in [-0.05, 0) is 32.2 Å². The Morgan fingerprint density at radius 3 is 2.80 bits per heavy atom. The quantitative estimate of drug-likeness (QED) is 0.723. The largest absolute Gasteiger partial charge is 0.366 e. The molecule has 0 radical (unpaired) electrons. The maximum absolute atomic E-state index is 6.00. The topological polar surface area (TPSA) is 6.48 Å². The van der Waals surface area contributed by atoms with Crippen LogP contribution in [0, 0.1) is 0 Å². The lowest BCUT2D eigenvalue weighted by atomic mass is 10.1. The average Bonchev–Trinajstić information content (AvgIpc) is 2.17. The van der Waals surface area contributed by atoms with E-state index in [1.807, 2.05) is 18.2 Å². The third-order valence-electron chi connectivity index (χ3n) is 2.97. The molecule has 82 valence electrons. The number of likely N-dealkylation sites (N-methyl/N-ethyl adjacent to an activating group) is 1. The number of benzene rings is 1. The van der Waals surface area contributed by atoms with Crippen LogP contribution in [0.1, 0.15) is 6.92 Å². The maximum atomic E-state index is 6.00.